The maximum absolute atomic E-state index is 13.0. The van der Waals surface area contributed by atoms with Gasteiger partial charge >= 0.3 is 5.97 Å². The van der Waals surface area contributed by atoms with Gasteiger partial charge in [-0.3, -0.25) is 4.79 Å². The number of phenols is 1. The van der Waals surface area contributed by atoms with Gasteiger partial charge in [0.25, 0.3) is 5.78 Å². The van der Waals surface area contributed by atoms with E-state index in [2.05, 4.69) is 4.74 Å². The van der Waals surface area contributed by atoms with Crippen LogP contribution in [0, 0.1) is 5.82 Å². The zero-order valence-electron chi connectivity index (χ0n) is 8.44. The predicted molar refractivity (Wildman–Crippen MR) is 53.6 cm³/mol. The largest absolute Gasteiger partial charge is 0.507 e. The first-order valence-electron chi connectivity index (χ1n) is 4.63. The summed E-state index contributed by atoms with van der Waals surface area (Å²) in [5.74, 6) is -4.46. The number of carbonyl (C=O) groups is 2. The van der Waals surface area contributed by atoms with Crippen molar-refractivity contribution in [1.82, 2.24) is 0 Å². The number of aliphatic hydroxyl groups is 1. The van der Waals surface area contributed by atoms with E-state index in [-0.39, 0.29) is 17.7 Å². The van der Waals surface area contributed by atoms with Crippen LogP contribution in [0.15, 0.2) is 23.8 Å². The number of rotatable bonds is 1. The monoisotopic (exact) mass is 238 g/mol. The third-order valence-corrected chi connectivity index (χ3v) is 2.33. The molecule has 1 aliphatic rings. The molecule has 0 bridgehead atoms. The van der Waals surface area contributed by atoms with Gasteiger partial charge in [-0.2, -0.15) is 0 Å². The summed E-state index contributed by atoms with van der Waals surface area (Å²) < 4.78 is 17.4. The summed E-state index contributed by atoms with van der Waals surface area (Å²) in [4.78, 5) is 22.1. The van der Waals surface area contributed by atoms with Crippen molar-refractivity contribution in [2.45, 2.75) is 0 Å². The molecule has 5 nitrogen and oxygen atoms in total. The van der Waals surface area contributed by atoms with Gasteiger partial charge in [-0.1, -0.05) is 6.07 Å². The number of cyclic esters (lactones) is 1. The standard InChI is InChI=1S/C11H7FO5/c12-7-3-1-2-5(9(7)14)8(13)6-4-17-11(16)10(6)15/h1-3,13-14H,4H2/b8-6-. The fourth-order valence-corrected chi connectivity index (χ4v) is 1.44. The van der Waals surface area contributed by atoms with Crippen LogP contribution in [0.1, 0.15) is 5.56 Å². The Balaban J connectivity index is 2.54. The minimum atomic E-state index is -1.08. The molecule has 1 aliphatic heterocycles. The molecule has 2 N–H and O–H groups in total. The average Bonchev–Trinajstić information content (AvgIpc) is 2.63. The van der Waals surface area contributed by atoms with Crippen LogP contribution in [0.3, 0.4) is 0 Å². The van der Waals surface area contributed by atoms with Crippen molar-refractivity contribution >= 4 is 17.5 Å². The number of aliphatic hydroxyl groups excluding tert-OH is 1. The maximum atomic E-state index is 13.0. The van der Waals surface area contributed by atoms with Crippen LogP contribution in [0.5, 0.6) is 5.75 Å². The normalized spacial score (nSPS) is 18.2. The van der Waals surface area contributed by atoms with Gasteiger partial charge in [0.15, 0.2) is 11.6 Å². The van der Waals surface area contributed by atoms with E-state index in [4.69, 9.17) is 0 Å². The van der Waals surface area contributed by atoms with Gasteiger partial charge in [-0.05, 0) is 12.1 Å². The third-order valence-electron chi connectivity index (χ3n) is 2.33. The molecule has 17 heavy (non-hydrogen) atoms. The first-order chi connectivity index (χ1) is 8.02. The van der Waals surface area contributed by atoms with Crippen molar-refractivity contribution in [3.63, 3.8) is 0 Å². The summed E-state index contributed by atoms with van der Waals surface area (Å²) in [5.41, 5.74) is -0.553. The summed E-state index contributed by atoms with van der Waals surface area (Å²) in [6.45, 7) is -0.389. The van der Waals surface area contributed by atoms with Crippen LogP contribution >= 0.6 is 0 Å². The minimum Gasteiger partial charge on any atom is -0.507 e. The van der Waals surface area contributed by atoms with E-state index >= 15 is 0 Å². The predicted octanol–water partition coefficient (Wildman–Crippen LogP) is 0.926. The van der Waals surface area contributed by atoms with Gasteiger partial charge < -0.3 is 14.9 Å². The van der Waals surface area contributed by atoms with Crippen molar-refractivity contribution in [3.8, 4) is 5.75 Å². The maximum Gasteiger partial charge on any atom is 0.379 e. The molecule has 0 spiro atoms. The number of ether oxygens (including phenoxy) is 1. The Bertz CT molecular complexity index is 547. The molecular weight excluding hydrogens is 231 g/mol. The molecule has 1 heterocycles. The smallest absolute Gasteiger partial charge is 0.379 e. The van der Waals surface area contributed by atoms with Gasteiger partial charge in [-0.25, -0.2) is 9.18 Å². The second kappa shape index (κ2) is 3.89. The Morgan fingerprint density at radius 2 is 2.06 bits per heavy atom. The number of ketones is 1. The first-order valence-corrected chi connectivity index (χ1v) is 4.63. The van der Waals surface area contributed by atoms with Gasteiger partial charge in [0.05, 0.1) is 11.1 Å². The Morgan fingerprint density at radius 1 is 1.35 bits per heavy atom. The Morgan fingerprint density at radius 3 is 2.65 bits per heavy atom. The van der Waals surface area contributed by atoms with Crippen LogP contribution in [0.4, 0.5) is 4.39 Å². The Kier molecular flexibility index (Phi) is 2.55. The minimum absolute atomic E-state index is 0.258. The molecular formula is C11H7FO5. The van der Waals surface area contributed by atoms with Gasteiger partial charge in [0.2, 0.25) is 0 Å². The highest BCUT2D eigenvalue weighted by atomic mass is 19.1. The zero-order valence-corrected chi connectivity index (χ0v) is 8.44. The summed E-state index contributed by atoms with van der Waals surface area (Å²) in [6, 6.07) is 3.47. The molecule has 1 aromatic carbocycles. The number of hydrogen-bond acceptors (Lipinski definition) is 5. The molecule has 0 unspecified atom stereocenters. The van der Waals surface area contributed by atoms with Crippen molar-refractivity contribution in [3.05, 3.63) is 35.2 Å². The highest BCUT2D eigenvalue weighted by Gasteiger charge is 2.33. The highest BCUT2D eigenvalue weighted by Crippen LogP contribution is 2.29. The summed E-state index contributed by atoms with van der Waals surface area (Å²) in [7, 11) is 0. The third kappa shape index (κ3) is 1.73. The van der Waals surface area contributed by atoms with Crippen LogP contribution in [-0.4, -0.2) is 28.6 Å². The van der Waals surface area contributed by atoms with E-state index in [9.17, 15) is 24.2 Å². The number of carbonyl (C=O) groups excluding carboxylic acids is 2. The molecule has 6 heteroatoms. The van der Waals surface area contributed by atoms with E-state index in [0.29, 0.717) is 0 Å². The second-order valence-electron chi connectivity index (χ2n) is 3.37. The number of benzene rings is 1. The SMILES string of the molecule is O=C1OC/C(=C(/O)c2cccc(F)c2O)C1=O. The van der Waals surface area contributed by atoms with Crippen molar-refractivity contribution < 1.29 is 28.9 Å². The van der Waals surface area contributed by atoms with Crippen molar-refractivity contribution in [2.24, 2.45) is 0 Å². The first kappa shape index (κ1) is 11.1. The lowest BCUT2D eigenvalue weighted by atomic mass is 10.1. The molecule has 88 valence electrons. The Labute approximate surface area is 94.8 Å². The van der Waals surface area contributed by atoms with E-state index in [0.717, 1.165) is 6.07 Å². The lowest BCUT2D eigenvalue weighted by molar-refractivity contribution is -0.146. The molecule has 0 aromatic heterocycles. The average molecular weight is 238 g/mol. The number of phenolic OH excluding ortho intramolecular Hbond substituents is 1. The number of aromatic hydroxyl groups is 1. The van der Waals surface area contributed by atoms with E-state index in [1.54, 1.807) is 0 Å². The zero-order chi connectivity index (χ0) is 12.6. The molecule has 0 atom stereocenters. The number of Topliss-reactive ketones (excluding diaryl/α,β-unsaturated/α-hetero) is 1. The second-order valence-corrected chi connectivity index (χ2v) is 3.37. The molecule has 1 fully saturated rings. The van der Waals surface area contributed by atoms with Gasteiger partial charge in [0.1, 0.15) is 12.4 Å². The van der Waals surface area contributed by atoms with Crippen LogP contribution in [0.25, 0.3) is 5.76 Å². The molecule has 0 aliphatic carbocycles. The van der Waals surface area contributed by atoms with Crippen LogP contribution < -0.4 is 0 Å². The summed E-state index contributed by atoms with van der Waals surface area (Å²) in [6.07, 6.45) is 0. The molecule has 0 amide bonds. The van der Waals surface area contributed by atoms with Crippen LogP contribution in [-0.2, 0) is 14.3 Å². The summed E-state index contributed by atoms with van der Waals surface area (Å²) >= 11 is 0. The fourth-order valence-electron chi connectivity index (χ4n) is 1.44. The molecule has 2 rings (SSSR count). The lowest BCUT2D eigenvalue weighted by Gasteiger charge is -2.05. The van der Waals surface area contributed by atoms with Crippen molar-refractivity contribution in [1.29, 1.82) is 0 Å². The van der Waals surface area contributed by atoms with Crippen molar-refractivity contribution in [2.75, 3.05) is 6.61 Å². The van der Waals surface area contributed by atoms with Crippen LogP contribution in [0.2, 0.25) is 0 Å². The number of halogens is 1. The topological polar surface area (TPSA) is 83.8 Å². The van der Waals surface area contributed by atoms with E-state index < -0.39 is 29.1 Å². The fraction of sp³-hybridized carbons (Fsp3) is 0.0909. The van der Waals surface area contributed by atoms with E-state index in [1.165, 1.54) is 12.1 Å². The molecule has 1 aromatic rings. The highest BCUT2D eigenvalue weighted by molar-refractivity contribution is 6.43. The Hall–Kier alpha value is -2.37. The number of para-hydroxylation sites is 1. The molecule has 0 saturated carbocycles. The van der Waals surface area contributed by atoms with Gasteiger partial charge in [0, 0.05) is 0 Å². The molecule has 0 radical (unpaired) electrons. The van der Waals surface area contributed by atoms with E-state index in [1.807, 2.05) is 0 Å². The summed E-state index contributed by atoms with van der Waals surface area (Å²) in [5, 5.41) is 19.1. The number of esters is 1. The number of hydrogen-bond donors (Lipinski definition) is 2. The lowest BCUT2D eigenvalue weighted by Crippen LogP contribution is -2.08. The molecule has 1 saturated heterocycles. The van der Waals surface area contributed by atoms with Gasteiger partial charge in [-0.15, -0.1) is 0 Å². The quantitative estimate of drug-likeness (QED) is 0.329.